The Kier molecular flexibility index (Phi) is 6.10. The van der Waals surface area contributed by atoms with Crippen molar-refractivity contribution in [1.29, 1.82) is 0 Å². The molecule has 0 amide bonds. The minimum absolute atomic E-state index is 0.494. The fraction of sp³-hybridized carbons (Fsp3) is 0.318. The highest BCUT2D eigenvalue weighted by atomic mass is 19.1. The molecule has 2 aromatic rings. The third-order valence-corrected chi connectivity index (χ3v) is 5.10. The summed E-state index contributed by atoms with van der Waals surface area (Å²) in [7, 11) is 0. The van der Waals surface area contributed by atoms with Crippen LogP contribution in [0.1, 0.15) is 24.0 Å². The van der Waals surface area contributed by atoms with Crippen LogP contribution in [-0.4, -0.2) is 43.6 Å². The van der Waals surface area contributed by atoms with Gasteiger partial charge in [0.15, 0.2) is 0 Å². The van der Waals surface area contributed by atoms with Crippen molar-refractivity contribution < 1.29 is 14.1 Å². The second-order valence-corrected chi connectivity index (χ2v) is 7.38. The molecule has 1 fully saturated rings. The van der Waals surface area contributed by atoms with E-state index in [1.54, 1.807) is 6.21 Å². The lowest BCUT2D eigenvalue weighted by molar-refractivity contribution is -0.540. The van der Waals surface area contributed by atoms with Gasteiger partial charge in [-0.25, -0.2) is 14.1 Å². The quantitative estimate of drug-likeness (QED) is 0.642. The summed E-state index contributed by atoms with van der Waals surface area (Å²) in [5.41, 5.74) is 3.56. The molecule has 29 heavy (non-hydrogen) atoms. The van der Waals surface area contributed by atoms with Crippen molar-refractivity contribution >= 4 is 23.6 Å². The molecule has 0 unspecified atom stereocenters. The minimum atomic E-state index is -0.551. The number of nitrogens with zero attached hydrogens (tertiary/aromatic N) is 2. The Morgan fingerprint density at radius 3 is 2.69 bits per heavy atom. The maximum Gasteiger partial charge on any atom is 0.590 e. The lowest BCUT2D eigenvalue weighted by Crippen LogP contribution is -2.88. The van der Waals surface area contributed by atoms with Crippen LogP contribution < -0.4 is 20.6 Å². The van der Waals surface area contributed by atoms with Crippen LogP contribution >= 0.6 is 0 Å². The molecular weight excluding hydrogens is 372 g/mol. The Morgan fingerprint density at radius 1 is 1.10 bits per heavy atom. The van der Waals surface area contributed by atoms with Gasteiger partial charge in [-0.15, -0.1) is 0 Å². The number of piperidine rings is 1. The van der Waals surface area contributed by atoms with Gasteiger partial charge in [0.25, 0.3) is 0 Å². The molecule has 0 saturated carbocycles. The minimum Gasteiger partial charge on any atom is -0.382 e. The summed E-state index contributed by atoms with van der Waals surface area (Å²) < 4.78 is 30.9. The number of nitrogens with one attached hydrogen (secondary N) is 2. The third-order valence-electron chi connectivity index (χ3n) is 5.10. The van der Waals surface area contributed by atoms with Gasteiger partial charge in [-0.3, -0.25) is 0 Å². The average Bonchev–Trinajstić information content (AvgIpc) is 3.17. The number of quaternary nitrogens is 1. The van der Waals surface area contributed by atoms with E-state index in [2.05, 4.69) is 32.4 Å². The van der Waals surface area contributed by atoms with Crippen molar-refractivity contribution in [1.82, 2.24) is 9.98 Å². The molecule has 4 N–H and O–H groups in total. The highest BCUT2D eigenvalue weighted by Crippen LogP contribution is 2.16. The number of benzene rings is 2. The summed E-state index contributed by atoms with van der Waals surface area (Å²) in [4.78, 5) is 4.58. The van der Waals surface area contributed by atoms with Gasteiger partial charge in [0.05, 0.1) is 6.54 Å². The Labute approximate surface area is 168 Å². The number of guanidine groups is 1. The van der Waals surface area contributed by atoms with E-state index in [0.29, 0.717) is 30.5 Å². The van der Waals surface area contributed by atoms with Crippen LogP contribution in [0.15, 0.2) is 47.5 Å². The van der Waals surface area contributed by atoms with Crippen molar-refractivity contribution in [2.24, 2.45) is 4.99 Å². The van der Waals surface area contributed by atoms with Crippen molar-refractivity contribution in [2.45, 2.75) is 25.3 Å². The normalized spacial score (nSPS) is 16.6. The van der Waals surface area contributed by atoms with Gasteiger partial charge in [-0.2, -0.15) is 4.67 Å². The van der Waals surface area contributed by atoms with E-state index in [-0.39, 0.29) is 0 Å². The predicted molar refractivity (Wildman–Crippen MR) is 113 cm³/mol. The van der Waals surface area contributed by atoms with Crippen LogP contribution in [0.25, 0.3) is 0 Å². The molecule has 5 nitrogen and oxygen atoms in total. The summed E-state index contributed by atoms with van der Waals surface area (Å²) in [5, 5.41) is 8.87. The van der Waals surface area contributed by atoms with Gasteiger partial charge in [0, 0.05) is 34.8 Å². The van der Waals surface area contributed by atoms with Crippen molar-refractivity contribution in [2.75, 3.05) is 25.0 Å². The lowest BCUT2D eigenvalue weighted by Gasteiger charge is -2.24. The number of halogens is 2. The van der Waals surface area contributed by atoms with Crippen LogP contribution in [0.4, 0.5) is 14.5 Å². The van der Waals surface area contributed by atoms with Crippen molar-refractivity contribution in [3.63, 3.8) is 0 Å². The number of anilines is 1. The Hall–Kier alpha value is -2.86. The Morgan fingerprint density at radius 2 is 1.90 bits per heavy atom. The summed E-state index contributed by atoms with van der Waals surface area (Å²) in [6.45, 7) is 2.71. The average molecular weight is 397 g/mol. The fourth-order valence-electron chi connectivity index (χ4n) is 3.64. The number of aliphatic imine (C=N–C) groups is 1. The molecule has 150 valence electrons. The number of hydrogen-bond acceptors (Lipinski definition) is 3. The summed E-state index contributed by atoms with van der Waals surface area (Å²) in [5.74, 6) is -0.469. The van der Waals surface area contributed by atoms with Crippen LogP contribution in [0.2, 0.25) is 0 Å². The van der Waals surface area contributed by atoms with Crippen LogP contribution in [0.5, 0.6) is 0 Å². The standard InChI is InChI=1S/C22H23F2N5/c23-17-10-15(11-18(24)13-17)4-9-26-22-27-14-21(29-22)16-2-1-3-20(12-16)28-19-5-7-25-8-6-19/h1-3,10-14,19,25,28H,4-9H2/p+2. The van der Waals surface area contributed by atoms with Gasteiger partial charge in [0.2, 0.25) is 11.9 Å². The maximum atomic E-state index is 13.3. The highest BCUT2D eigenvalue weighted by molar-refractivity contribution is 6.41. The number of hydrogen-bond donors (Lipinski definition) is 3. The van der Waals surface area contributed by atoms with E-state index in [1.165, 1.54) is 12.1 Å². The topological polar surface area (TPSA) is 67.1 Å². The van der Waals surface area contributed by atoms with Crippen LogP contribution in [0, 0.1) is 11.6 Å². The Balaban J connectivity index is 1.33. The molecular formula is C22H25F2N5+2. The van der Waals surface area contributed by atoms with E-state index in [1.807, 2.05) is 17.4 Å². The first-order valence-electron chi connectivity index (χ1n) is 10.0. The van der Waals surface area contributed by atoms with E-state index in [4.69, 9.17) is 0 Å². The SMILES string of the molecule is Fc1cc(F)cc(CC[NH2+]C2=[N+]=CC(c3cccc(NC4CCNCC4)c3)=N2)c1. The molecule has 0 aromatic heterocycles. The van der Waals surface area contributed by atoms with Gasteiger partial charge in [0.1, 0.15) is 11.6 Å². The largest absolute Gasteiger partial charge is 0.590 e. The molecule has 2 aliphatic rings. The zero-order chi connectivity index (χ0) is 20.1. The van der Waals surface area contributed by atoms with Gasteiger partial charge >= 0.3 is 5.96 Å². The van der Waals surface area contributed by atoms with Gasteiger partial charge < -0.3 is 10.6 Å². The first-order valence-corrected chi connectivity index (χ1v) is 10.0. The monoisotopic (exact) mass is 397 g/mol. The third kappa shape index (κ3) is 5.35. The second kappa shape index (κ2) is 9.09. The molecule has 0 aliphatic carbocycles. The fourth-order valence-corrected chi connectivity index (χ4v) is 3.64. The van der Waals surface area contributed by atoms with E-state index < -0.39 is 11.6 Å². The van der Waals surface area contributed by atoms with Crippen molar-refractivity contribution in [3.05, 3.63) is 65.2 Å². The van der Waals surface area contributed by atoms with E-state index in [9.17, 15) is 8.78 Å². The molecule has 0 bridgehead atoms. The molecule has 7 heteroatoms. The number of rotatable bonds is 6. The first kappa shape index (κ1) is 19.5. The zero-order valence-electron chi connectivity index (χ0n) is 16.2. The molecule has 1 saturated heterocycles. The number of nitrogens with two attached hydrogens (primary N) is 1. The van der Waals surface area contributed by atoms with Crippen molar-refractivity contribution in [3.8, 4) is 0 Å². The van der Waals surface area contributed by atoms with E-state index in [0.717, 1.165) is 49.0 Å². The van der Waals surface area contributed by atoms with Gasteiger partial charge in [-0.05, 0) is 55.8 Å². The molecule has 4 rings (SSSR count). The maximum absolute atomic E-state index is 13.3. The summed E-state index contributed by atoms with van der Waals surface area (Å²) in [6.07, 6.45) is 4.54. The summed E-state index contributed by atoms with van der Waals surface area (Å²) in [6, 6.07) is 12.3. The summed E-state index contributed by atoms with van der Waals surface area (Å²) >= 11 is 0. The van der Waals surface area contributed by atoms with Crippen LogP contribution in [-0.2, 0) is 6.42 Å². The van der Waals surface area contributed by atoms with E-state index >= 15 is 0 Å². The Bertz CT molecular complexity index is 953. The smallest absolute Gasteiger partial charge is 0.382 e. The lowest BCUT2D eigenvalue weighted by atomic mass is 10.1. The predicted octanol–water partition coefficient (Wildman–Crippen LogP) is 1.23. The van der Waals surface area contributed by atoms with Crippen LogP contribution in [0.3, 0.4) is 0 Å². The molecule has 2 aromatic carbocycles. The highest BCUT2D eigenvalue weighted by Gasteiger charge is 2.24. The first-order chi connectivity index (χ1) is 14.2. The molecule has 0 radical (unpaired) electrons. The molecule has 2 aliphatic heterocycles. The molecule has 0 atom stereocenters. The second-order valence-electron chi connectivity index (χ2n) is 7.38. The molecule has 0 spiro atoms. The van der Waals surface area contributed by atoms with Gasteiger partial charge in [-0.1, -0.05) is 12.1 Å². The zero-order valence-corrected chi connectivity index (χ0v) is 16.2. The molecule has 2 heterocycles.